The zero-order chi connectivity index (χ0) is 19.7. The minimum atomic E-state index is -0.316. The lowest BCUT2D eigenvalue weighted by molar-refractivity contribution is -1.02. The molecule has 2 aromatic carbocycles. The largest absolute Gasteiger partial charge is 0.322 e. The maximum Gasteiger partial charge on any atom is 0.292 e. The summed E-state index contributed by atoms with van der Waals surface area (Å²) in [4.78, 5) is 29.5. The highest BCUT2D eigenvalue weighted by molar-refractivity contribution is 6.35. The Morgan fingerprint density at radius 1 is 0.929 bits per heavy atom. The SMILES string of the molecule is O=C1C[C@H]([NH+]2CC[NH+](Cc3ccccc3)CC2)C(=O)N1c1cc(Cl)cc(Cl)c1. The van der Waals surface area contributed by atoms with Gasteiger partial charge in [-0.2, -0.15) is 0 Å². The first-order valence-electron chi connectivity index (χ1n) is 9.56. The van der Waals surface area contributed by atoms with Crippen molar-refractivity contribution in [3.05, 3.63) is 64.1 Å². The topological polar surface area (TPSA) is 46.3 Å². The summed E-state index contributed by atoms with van der Waals surface area (Å²) in [5.41, 5.74) is 1.79. The molecule has 2 aromatic rings. The van der Waals surface area contributed by atoms with E-state index in [-0.39, 0.29) is 24.3 Å². The minimum Gasteiger partial charge on any atom is -0.322 e. The molecule has 1 atom stereocenters. The summed E-state index contributed by atoms with van der Waals surface area (Å²) in [5.74, 6) is -0.329. The van der Waals surface area contributed by atoms with Gasteiger partial charge in [0.1, 0.15) is 32.7 Å². The lowest BCUT2D eigenvalue weighted by Crippen LogP contribution is -3.29. The van der Waals surface area contributed by atoms with Crippen LogP contribution in [0.2, 0.25) is 10.0 Å². The van der Waals surface area contributed by atoms with Gasteiger partial charge in [0.25, 0.3) is 5.91 Å². The molecule has 28 heavy (non-hydrogen) atoms. The maximum atomic E-state index is 13.0. The van der Waals surface area contributed by atoms with Crippen molar-refractivity contribution in [1.29, 1.82) is 0 Å². The number of piperazine rings is 1. The van der Waals surface area contributed by atoms with E-state index in [1.165, 1.54) is 20.3 Å². The van der Waals surface area contributed by atoms with Gasteiger partial charge in [-0.1, -0.05) is 53.5 Å². The molecule has 4 rings (SSSR count). The number of hydrogen-bond acceptors (Lipinski definition) is 2. The standard InChI is InChI=1S/C21H21Cl2N3O2/c22-16-10-17(23)12-18(11-16)26-20(27)13-19(21(26)28)25-8-6-24(7-9-25)14-15-4-2-1-3-5-15/h1-5,10-12,19H,6-9,13-14H2/p+2/t19-/m0/s1. The van der Waals surface area contributed by atoms with Crippen molar-refractivity contribution in [1.82, 2.24) is 0 Å². The van der Waals surface area contributed by atoms with Gasteiger partial charge in [-0.3, -0.25) is 9.59 Å². The number of hydrogen-bond donors (Lipinski definition) is 2. The lowest BCUT2D eigenvalue weighted by atomic mass is 10.1. The van der Waals surface area contributed by atoms with Crippen molar-refractivity contribution in [2.24, 2.45) is 0 Å². The van der Waals surface area contributed by atoms with E-state index in [2.05, 4.69) is 24.3 Å². The van der Waals surface area contributed by atoms with E-state index in [1.807, 2.05) is 6.07 Å². The molecule has 2 heterocycles. The Bertz CT molecular complexity index is 862. The normalized spacial score (nSPS) is 25.4. The first-order chi connectivity index (χ1) is 13.5. The fraction of sp³-hybridized carbons (Fsp3) is 0.333. The Labute approximate surface area is 174 Å². The summed E-state index contributed by atoms with van der Waals surface area (Å²) in [6.45, 7) is 4.75. The number of imide groups is 1. The van der Waals surface area contributed by atoms with Gasteiger partial charge in [-0.15, -0.1) is 0 Å². The van der Waals surface area contributed by atoms with Crippen LogP contribution in [0.1, 0.15) is 12.0 Å². The summed E-state index contributed by atoms with van der Waals surface area (Å²) in [6, 6.07) is 15.0. The summed E-state index contributed by atoms with van der Waals surface area (Å²) >= 11 is 12.1. The molecule has 0 aliphatic carbocycles. The molecule has 146 valence electrons. The third-order valence-electron chi connectivity index (χ3n) is 5.64. The summed E-state index contributed by atoms with van der Waals surface area (Å²) in [6.07, 6.45) is 0.242. The van der Waals surface area contributed by atoms with E-state index in [0.29, 0.717) is 15.7 Å². The van der Waals surface area contributed by atoms with Gasteiger partial charge < -0.3 is 9.80 Å². The lowest BCUT2D eigenvalue weighted by Gasteiger charge is -2.32. The Morgan fingerprint density at radius 3 is 2.21 bits per heavy atom. The monoisotopic (exact) mass is 419 g/mol. The van der Waals surface area contributed by atoms with E-state index in [0.717, 1.165) is 32.7 Å². The average molecular weight is 420 g/mol. The van der Waals surface area contributed by atoms with E-state index in [4.69, 9.17) is 23.2 Å². The van der Waals surface area contributed by atoms with Crippen LogP contribution >= 0.6 is 23.2 Å². The molecular weight excluding hydrogens is 397 g/mol. The van der Waals surface area contributed by atoms with Crippen LogP contribution in [0.15, 0.2) is 48.5 Å². The van der Waals surface area contributed by atoms with Gasteiger partial charge in [0, 0.05) is 15.6 Å². The molecule has 0 aromatic heterocycles. The highest BCUT2D eigenvalue weighted by atomic mass is 35.5. The Balaban J connectivity index is 1.40. The van der Waals surface area contributed by atoms with Crippen LogP contribution < -0.4 is 14.7 Å². The van der Waals surface area contributed by atoms with Gasteiger partial charge in [0.15, 0.2) is 6.04 Å². The minimum absolute atomic E-state index is 0.148. The van der Waals surface area contributed by atoms with Gasteiger partial charge >= 0.3 is 0 Å². The number of anilines is 1. The van der Waals surface area contributed by atoms with Crippen molar-refractivity contribution in [3.63, 3.8) is 0 Å². The predicted octanol–water partition coefficient (Wildman–Crippen LogP) is 0.609. The first kappa shape index (κ1) is 19.4. The van der Waals surface area contributed by atoms with Gasteiger partial charge in [-0.25, -0.2) is 4.90 Å². The zero-order valence-corrected chi connectivity index (χ0v) is 17.0. The Morgan fingerprint density at radius 2 is 1.57 bits per heavy atom. The van der Waals surface area contributed by atoms with E-state index < -0.39 is 0 Å². The summed E-state index contributed by atoms with van der Waals surface area (Å²) in [7, 11) is 0. The van der Waals surface area contributed by atoms with Crippen molar-refractivity contribution in [2.75, 3.05) is 31.1 Å². The molecule has 0 unspecified atom stereocenters. The molecule has 2 aliphatic rings. The Kier molecular flexibility index (Phi) is 5.69. The molecule has 2 aliphatic heterocycles. The van der Waals surface area contributed by atoms with Crippen LogP contribution in [-0.4, -0.2) is 44.0 Å². The number of carbonyl (C=O) groups is 2. The van der Waals surface area contributed by atoms with Crippen LogP contribution in [-0.2, 0) is 16.1 Å². The molecule has 0 saturated carbocycles. The second-order valence-corrected chi connectivity index (χ2v) is 8.40. The fourth-order valence-electron chi connectivity index (χ4n) is 4.22. The molecule has 0 radical (unpaired) electrons. The van der Waals surface area contributed by atoms with Crippen LogP contribution in [0.5, 0.6) is 0 Å². The van der Waals surface area contributed by atoms with E-state index in [1.54, 1.807) is 18.2 Å². The molecule has 0 spiro atoms. The van der Waals surface area contributed by atoms with Gasteiger partial charge in [0.05, 0.1) is 12.1 Å². The molecule has 2 saturated heterocycles. The molecule has 2 fully saturated rings. The first-order valence-corrected chi connectivity index (χ1v) is 10.3. The third-order valence-corrected chi connectivity index (χ3v) is 6.08. The maximum absolute atomic E-state index is 13.0. The zero-order valence-electron chi connectivity index (χ0n) is 15.5. The smallest absolute Gasteiger partial charge is 0.292 e. The van der Waals surface area contributed by atoms with Crippen molar-refractivity contribution in [2.45, 2.75) is 19.0 Å². The molecule has 7 heteroatoms. The predicted molar refractivity (Wildman–Crippen MR) is 109 cm³/mol. The second-order valence-electron chi connectivity index (χ2n) is 7.52. The summed E-state index contributed by atoms with van der Waals surface area (Å²) in [5, 5.41) is 0.828. The van der Waals surface area contributed by atoms with Crippen LogP contribution in [0.4, 0.5) is 5.69 Å². The molecule has 5 nitrogen and oxygen atoms in total. The van der Waals surface area contributed by atoms with E-state index >= 15 is 0 Å². The number of amides is 2. The number of benzene rings is 2. The number of nitrogens with zero attached hydrogens (tertiary/aromatic N) is 1. The quantitative estimate of drug-likeness (QED) is 0.713. The van der Waals surface area contributed by atoms with Gasteiger partial charge in [0.2, 0.25) is 5.91 Å². The number of nitrogens with one attached hydrogen (secondary N) is 2. The highest BCUT2D eigenvalue weighted by Gasteiger charge is 2.47. The average Bonchev–Trinajstić information content (AvgIpc) is 2.97. The van der Waals surface area contributed by atoms with Gasteiger partial charge in [-0.05, 0) is 18.2 Å². The number of quaternary nitrogens is 2. The molecular formula is C21H23Cl2N3O2+2. The second kappa shape index (κ2) is 8.21. The van der Waals surface area contributed by atoms with Crippen molar-refractivity contribution in [3.8, 4) is 0 Å². The fourth-order valence-corrected chi connectivity index (χ4v) is 4.74. The highest BCUT2D eigenvalue weighted by Crippen LogP contribution is 2.28. The summed E-state index contributed by atoms with van der Waals surface area (Å²) < 4.78 is 0. The Hall–Kier alpha value is -1.92. The molecule has 2 N–H and O–H groups in total. The van der Waals surface area contributed by atoms with E-state index in [9.17, 15) is 9.59 Å². The van der Waals surface area contributed by atoms with Crippen LogP contribution in [0, 0.1) is 0 Å². The molecule has 0 bridgehead atoms. The van der Waals surface area contributed by atoms with Crippen molar-refractivity contribution < 1.29 is 19.4 Å². The number of carbonyl (C=O) groups excluding carboxylic acids is 2. The third kappa shape index (κ3) is 4.08. The number of halogens is 2. The van der Waals surface area contributed by atoms with Crippen LogP contribution in [0.3, 0.4) is 0 Å². The van der Waals surface area contributed by atoms with Crippen molar-refractivity contribution >= 4 is 40.7 Å². The number of rotatable bonds is 4. The molecule has 2 amide bonds. The van der Waals surface area contributed by atoms with Crippen LogP contribution in [0.25, 0.3) is 0 Å².